The van der Waals surface area contributed by atoms with Crippen molar-refractivity contribution in [2.24, 2.45) is 0 Å². The Bertz CT molecular complexity index is 429. The Balaban J connectivity index is 2.08. The molecule has 16 heavy (non-hydrogen) atoms. The number of rotatable bonds is 2. The first-order valence-electron chi connectivity index (χ1n) is 4.96. The standard InChI is InChI=1S/C10H12N2O3S/c1-6-5-15-10(11-6)12-4-8(3-9(12)14)16-7(2)13/h5,8H,3-4H2,1-2H3. The molecular formula is C10H12N2O3S. The Kier molecular flexibility index (Phi) is 3.00. The van der Waals surface area contributed by atoms with Crippen molar-refractivity contribution >= 4 is 28.8 Å². The molecule has 2 heterocycles. The Morgan fingerprint density at radius 2 is 2.44 bits per heavy atom. The molecule has 0 saturated carbocycles. The molecule has 1 aromatic heterocycles. The van der Waals surface area contributed by atoms with Crippen molar-refractivity contribution in [1.29, 1.82) is 0 Å². The summed E-state index contributed by atoms with van der Waals surface area (Å²) >= 11 is 1.20. The van der Waals surface area contributed by atoms with E-state index in [1.807, 2.05) is 0 Å². The third kappa shape index (κ3) is 2.27. The second-order valence-corrected chi connectivity index (χ2v) is 5.19. The average molecular weight is 240 g/mol. The molecule has 6 heteroatoms. The van der Waals surface area contributed by atoms with Crippen LogP contribution in [0.25, 0.3) is 0 Å². The van der Waals surface area contributed by atoms with Gasteiger partial charge in [0.25, 0.3) is 0 Å². The van der Waals surface area contributed by atoms with Gasteiger partial charge in [0.2, 0.25) is 5.91 Å². The summed E-state index contributed by atoms with van der Waals surface area (Å²) in [6, 6.07) is 0.328. The molecule has 5 nitrogen and oxygen atoms in total. The van der Waals surface area contributed by atoms with E-state index < -0.39 is 0 Å². The van der Waals surface area contributed by atoms with Gasteiger partial charge in [-0.15, -0.1) is 0 Å². The van der Waals surface area contributed by atoms with Crippen LogP contribution in [-0.2, 0) is 9.59 Å². The molecular weight excluding hydrogens is 228 g/mol. The third-order valence-electron chi connectivity index (χ3n) is 2.26. The highest BCUT2D eigenvalue weighted by molar-refractivity contribution is 8.14. The van der Waals surface area contributed by atoms with Crippen LogP contribution in [0, 0.1) is 6.92 Å². The minimum absolute atomic E-state index is 0.0113. The van der Waals surface area contributed by atoms with Crippen LogP contribution in [0.3, 0.4) is 0 Å². The molecule has 1 aliphatic heterocycles. The first kappa shape index (κ1) is 11.2. The van der Waals surface area contributed by atoms with Gasteiger partial charge < -0.3 is 4.42 Å². The monoisotopic (exact) mass is 240 g/mol. The van der Waals surface area contributed by atoms with Crippen molar-refractivity contribution < 1.29 is 14.0 Å². The lowest BCUT2D eigenvalue weighted by Gasteiger charge is -2.10. The number of thioether (sulfide) groups is 1. The minimum atomic E-state index is -0.0411. The van der Waals surface area contributed by atoms with E-state index in [0.29, 0.717) is 19.0 Å². The van der Waals surface area contributed by atoms with Crippen LogP contribution in [0.15, 0.2) is 10.7 Å². The van der Waals surface area contributed by atoms with Crippen molar-refractivity contribution in [1.82, 2.24) is 4.98 Å². The molecule has 2 rings (SSSR count). The summed E-state index contributed by atoms with van der Waals surface area (Å²) in [7, 11) is 0. The maximum atomic E-state index is 11.7. The van der Waals surface area contributed by atoms with E-state index in [9.17, 15) is 9.59 Å². The highest BCUT2D eigenvalue weighted by Crippen LogP contribution is 2.27. The number of anilines is 1. The predicted octanol–water partition coefficient (Wildman–Crippen LogP) is 1.37. The van der Waals surface area contributed by atoms with Crippen LogP contribution in [-0.4, -0.2) is 27.8 Å². The lowest BCUT2D eigenvalue weighted by molar-refractivity contribution is -0.117. The second-order valence-electron chi connectivity index (χ2n) is 3.71. The number of oxazole rings is 1. The van der Waals surface area contributed by atoms with Crippen LogP contribution in [0.4, 0.5) is 6.01 Å². The fourth-order valence-corrected chi connectivity index (χ4v) is 2.56. The summed E-state index contributed by atoms with van der Waals surface area (Å²) in [4.78, 5) is 28.2. The van der Waals surface area contributed by atoms with Crippen molar-refractivity contribution in [3.05, 3.63) is 12.0 Å². The number of hydrogen-bond acceptors (Lipinski definition) is 5. The Labute approximate surface area is 97.2 Å². The quantitative estimate of drug-likeness (QED) is 0.781. The van der Waals surface area contributed by atoms with Gasteiger partial charge in [-0.2, -0.15) is 4.98 Å². The Morgan fingerprint density at radius 1 is 1.69 bits per heavy atom. The predicted molar refractivity (Wildman–Crippen MR) is 60.3 cm³/mol. The van der Waals surface area contributed by atoms with Gasteiger partial charge in [-0.3, -0.25) is 14.5 Å². The molecule has 1 aliphatic rings. The maximum Gasteiger partial charge on any atom is 0.304 e. The smallest absolute Gasteiger partial charge is 0.304 e. The molecule has 1 unspecified atom stereocenters. The zero-order chi connectivity index (χ0) is 11.7. The lowest BCUT2D eigenvalue weighted by atomic mass is 10.4. The van der Waals surface area contributed by atoms with E-state index >= 15 is 0 Å². The van der Waals surface area contributed by atoms with E-state index in [1.165, 1.54) is 29.8 Å². The first-order valence-corrected chi connectivity index (χ1v) is 5.84. The van der Waals surface area contributed by atoms with Gasteiger partial charge in [-0.05, 0) is 6.92 Å². The van der Waals surface area contributed by atoms with Crippen molar-refractivity contribution in [3.8, 4) is 0 Å². The number of nitrogens with zero attached hydrogens (tertiary/aromatic N) is 2. The summed E-state index contributed by atoms with van der Waals surface area (Å²) in [6.07, 6.45) is 1.87. The summed E-state index contributed by atoms with van der Waals surface area (Å²) in [5.41, 5.74) is 0.741. The maximum absolute atomic E-state index is 11.7. The Morgan fingerprint density at radius 3 is 3.00 bits per heavy atom. The van der Waals surface area contributed by atoms with E-state index in [-0.39, 0.29) is 16.3 Å². The number of amides is 1. The molecule has 86 valence electrons. The molecule has 1 atom stereocenters. The molecule has 0 bridgehead atoms. The number of hydrogen-bond donors (Lipinski definition) is 0. The number of carbonyl (C=O) groups is 2. The molecule has 1 amide bonds. The van der Waals surface area contributed by atoms with E-state index in [2.05, 4.69) is 4.98 Å². The van der Waals surface area contributed by atoms with Crippen LogP contribution in [0.2, 0.25) is 0 Å². The van der Waals surface area contributed by atoms with Crippen molar-refractivity contribution in [3.63, 3.8) is 0 Å². The van der Waals surface area contributed by atoms with Crippen LogP contribution >= 0.6 is 11.8 Å². The highest BCUT2D eigenvalue weighted by atomic mass is 32.2. The molecule has 1 aromatic rings. The highest BCUT2D eigenvalue weighted by Gasteiger charge is 2.34. The fourth-order valence-electron chi connectivity index (χ4n) is 1.64. The first-order chi connectivity index (χ1) is 7.56. The summed E-state index contributed by atoms with van der Waals surface area (Å²) in [5, 5.41) is 0.0421. The summed E-state index contributed by atoms with van der Waals surface area (Å²) in [6.45, 7) is 3.80. The molecule has 1 saturated heterocycles. The van der Waals surface area contributed by atoms with Gasteiger partial charge in [0.1, 0.15) is 6.26 Å². The number of carbonyl (C=O) groups excluding carboxylic acids is 2. The van der Waals surface area contributed by atoms with Crippen LogP contribution in [0.1, 0.15) is 19.0 Å². The van der Waals surface area contributed by atoms with Gasteiger partial charge in [0, 0.05) is 25.1 Å². The van der Waals surface area contributed by atoms with E-state index in [0.717, 1.165) is 5.69 Å². The van der Waals surface area contributed by atoms with Gasteiger partial charge >= 0.3 is 6.01 Å². The second kappa shape index (κ2) is 4.29. The molecule has 0 radical (unpaired) electrons. The summed E-state index contributed by atoms with van der Waals surface area (Å²) < 4.78 is 5.17. The zero-order valence-electron chi connectivity index (χ0n) is 9.10. The lowest BCUT2D eigenvalue weighted by Crippen LogP contribution is -2.25. The van der Waals surface area contributed by atoms with Crippen molar-refractivity contribution in [2.75, 3.05) is 11.4 Å². The third-order valence-corrected chi connectivity index (χ3v) is 3.24. The normalized spacial score (nSPS) is 20.5. The van der Waals surface area contributed by atoms with E-state index in [4.69, 9.17) is 4.42 Å². The van der Waals surface area contributed by atoms with Gasteiger partial charge in [0.05, 0.1) is 5.69 Å². The van der Waals surface area contributed by atoms with Crippen molar-refractivity contribution in [2.45, 2.75) is 25.5 Å². The van der Waals surface area contributed by atoms with Crippen LogP contribution < -0.4 is 4.90 Å². The molecule has 0 N–H and O–H groups in total. The molecule has 1 fully saturated rings. The summed E-state index contributed by atoms with van der Waals surface area (Å²) in [5.74, 6) is -0.0411. The minimum Gasteiger partial charge on any atom is -0.431 e. The number of aryl methyl sites for hydroxylation is 1. The Hall–Kier alpha value is -1.30. The van der Waals surface area contributed by atoms with Gasteiger partial charge in [-0.1, -0.05) is 11.8 Å². The molecule has 0 aromatic carbocycles. The number of aromatic nitrogens is 1. The fraction of sp³-hybridized carbons (Fsp3) is 0.500. The molecule has 0 spiro atoms. The molecule has 0 aliphatic carbocycles. The average Bonchev–Trinajstić information content (AvgIpc) is 2.72. The van der Waals surface area contributed by atoms with E-state index in [1.54, 1.807) is 6.92 Å². The largest absolute Gasteiger partial charge is 0.431 e. The SMILES string of the molecule is CC(=O)SC1CC(=O)N(c2nc(C)co2)C1. The van der Waals surface area contributed by atoms with Crippen LogP contribution in [0.5, 0.6) is 0 Å². The topological polar surface area (TPSA) is 63.4 Å². The van der Waals surface area contributed by atoms with Gasteiger partial charge in [0.15, 0.2) is 5.12 Å². The zero-order valence-corrected chi connectivity index (χ0v) is 9.91. The van der Waals surface area contributed by atoms with Gasteiger partial charge in [-0.25, -0.2) is 0 Å².